The van der Waals surface area contributed by atoms with Gasteiger partial charge in [0.15, 0.2) is 0 Å². The van der Waals surface area contributed by atoms with Crippen molar-refractivity contribution in [1.29, 1.82) is 0 Å². The molecule has 0 bridgehead atoms. The number of benzene rings is 1. The van der Waals surface area contributed by atoms with E-state index >= 15 is 0 Å². The number of aliphatic carboxylic acids is 1. The van der Waals surface area contributed by atoms with E-state index in [2.05, 4.69) is 6.92 Å². The first-order chi connectivity index (χ1) is 8.67. The van der Waals surface area contributed by atoms with Crippen LogP contribution in [0.3, 0.4) is 0 Å². The second-order valence-electron chi connectivity index (χ2n) is 4.31. The number of anilines is 1. The zero-order valence-electron chi connectivity index (χ0n) is 10.8. The van der Waals surface area contributed by atoms with Crippen LogP contribution >= 0.6 is 0 Å². The summed E-state index contributed by atoms with van der Waals surface area (Å²) in [5.41, 5.74) is 1.94. The third-order valence-electron chi connectivity index (χ3n) is 2.78. The summed E-state index contributed by atoms with van der Waals surface area (Å²) in [7, 11) is 0. The lowest BCUT2D eigenvalue weighted by molar-refractivity contribution is -0.135. The molecule has 1 aromatic carbocycles. The Balaban J connectivity index is 2.81. The molecule has 4 heteroatoms. The normalized spacial score (nSPS) is 10.3. The fourth-order valence-electron chi connectivity index (χ4n) is 1.85. The molecule has 0 aromatic heterocycles. The van der Waals surface area contributed by atoms with Gasteiger partial charge in [-0.15, -0.1) is 0 Å². The fourth-order valence-corrected chi connectivity index (χ4v) is 1.85. The maximum Gasteiger partial charge on any atom is 0.323 e. The molecule has 1 rings (SSSR count). The van der Waals surface area contributed by atoms with Gasteiger partial charge in [0.2, 0.25) is 0 Å². The number of nitrogens with zero attached hydrogens (tertiary/aromatic N) is 1. The Morgan fingerprint density at radius 3 is 2.78 bits per heavy atom. The molecule has 4 nitrogen and oxygen atoms in total. The molecule has 0 unspecified atom stereocenters. The van der Waals surface area contributed by atoms with Gasteiger partial charge in [-0.05, 0) is 30.5 Å². The lowest BCUT2D eigenvalue weighted by atomic mass is 10.1. The highest BCUT2D eigenvalue weighted by atomic mass is 16.4. The molecule has 0 amide bonds. The Labute approximate surface area is 108 Å². The molecule has 0 fully saturated rings. The third kappa shape index (κ3) is 4.75. The SMILES string of the molecule is CCCCN(CC(=O)O)c1cccc(CCO)c1. The number of carboxylic acids is 1. The van der Waals surface area contributed by atoms with Gasteiger partial charge in [-0.3, -0.25) is 4.79 Å². The molecule has 0 aliphatic heterocycles. The fraction of sp³-hybridized carbons (Fsp3) is 0.500. The van der Waals surface area contributed by atoms with Crippen molar-refractivity contribution < 1.29 is 15.0 Å². The van der Waals surface area contributed by atoms with Crippen LogP contribution in [0.15, 0.2) is 24.3 Å². The lowest BCUT2D eigenvalue weighted by Gasteiger charge is -2.23. The van der Waals surface area contributed by atoms with Gasteiger partial charge < -0.3 is 15.1 Å². The molecular formula is C14H21NO3. The molecule has 18 heavy (non-hydrogen) atoms. The summed E-state index contributed by atoms with van der Waals surface area (Å²) < 4.78 is 0. The highest BCUT2D eigenvalue weighted by molar-refractivity contribution is 5.73. The minimum Gasteiger partial charge on any atom is -0.480 e. The van der Waals surface area contributed by atoms with E-state index in [1.807, 2.05) is 29.2 Å². The smallest absolute Gasteiger partial charge is 0.323 e. The van der Waals surface area contributed by atoms with Crippen molar-refractivity contribution in [1.82, 2.24) is 0 Å². The van der Waals surface area contributed by atoms with E-state index in [-0.39, 0.29) is 13.2 Å². The zero-order chi connectivity index (χ0) is 13.4. The maximum absolute atomic E-state index is 10.9. The first-order valence-corrected chi connectivity index (χ1v) is 6.34. The number of aliphatic hydroxyl groups excluding tert-OH is 1. The van der Waals surface area contributed by atoms with Crippen LogP contribution < -0.4 is 4.90 Å². The van der Waals surface area contributed by atoms with Crippen molar-refractivity contribution in [3.8, 4) is 0 Å². The van der Waals surface area contributed by atoms with Crippen LogP contribution in [0, 0.1) is 0 Å². The highest BCUT2D eigenvalue weighted by Gasteiger charge is 2.10. The first-order valence-electron chi connectivity index (χ1n) is 6.34. The van der Waals surface area contributed by atoms with Crippen molar-refractivity contribution in [3.63, 3.8) is 0 Å². The largest absolute Gasteiger partial charge is 0.480 e. The quantitative estimate of drug-likeness (QED) is 0.741. The van der Waals surface area contributed by atoms with Crippen molar-refractivity contribution in [2.75, 3.05) is 24.6 Å². The van der Waals surface area contributed by atoms with Crippen molar-refractivity contribution in [2.24, 2.45) is 0 Å². The van der Waals surface area contributed by atoms with Crippen molar-refractivity contribution >= 4 is 11.7 Å². The van der Waals surface area contributed by atoms with Gasteiger partial charge in [0, 0.05) is 18.8 Å². The summed E-state index contributed by atoms with van der Waals surface area (Å²) in [4.78, 5) is 12.7. The number of aliphatic hydroxyl groups is 1. The van der Waals surface area contributed by atoms with E-state index in [1.165, 1.54) is 0 Å². The van der Waals surface area contributed by atoms with Gasteiger partial charge in [-0.1, -0.05) is 25.5 Å². The minimum atomic E-state index is -0.821. The predicted octanol–water partition coefficient (Wildman–Crippen LogP) is 1.91. The standard InChI is InChI=1S/C14H21NO3/c1-2-3-8-15(11-14(17)18)13-6-4-5-12(10-13)7-9-16/h4-6,10,16H,2-3,7-9,11H2,1H3,(H,17,18). The van der Waals surface area contributed by atoms with E-state index in [9.17, 15) is 4.79 Å². The number of hydrogen-bond acceptors (Lipinski definition) is 3. The Bertz CT molecular complexity index is 379. The van der Waals surface area contributed by atoms with Gasteiger partial charge in [-0.25, -0.2) is 0 Å². The minimum absolute atomic E-state index is 0.0164. The molecule has 0 aliphatic carbocycles. The molecule has 0 spiro atoms. The van der Waals surface area contributed by atoms with Crippen LogP contribution in [0.5, 0.6) is 0 Å². The summed E-state index contributed by atoms with van der Waals surface area (Å²) in [6.45, 7) is 2.95. The highest BCUT2D eigenvalue weighted by Crippen LogP contribution is 2.17. The molecule has 0 radical (unpaired) electrons. The number of carbonyl (C=O) groups is 1. The summed E-state index contributed by atoms with van der Waals surface area (Å²) in [6, 6.07) is 7.72. The molecule has 2 N–H and O–H groups in total. The molecule has 0 saturated heterocycles. The second kappa shape index (κ2) is 7.71. The van der Waals surface area contributed by atoms with Crippen LogP contribution in [0.2, 0.25) is 0 Å². The number of hydrogen-bond donors (Lipinski definition) is 2. The van der Waals surface area contributed by atoms with Gasteiger partial charge in [0.05, 0.1) is 0 Å². The molecule has 0 aliphatic rings. The molecular weight excluding hydrogens is 230 g/mol. The van der Waals surface area contributed by atoms with E-state index in [1.54, 1.807) is 0 Å². The summed E-state index contributed by atoms with van der Waals surface area (Å²) in [5, 5.41) is 17.9. The van der Waals surface area contributed by atoms with Crippen LogP contribution in [-0.4, -0.2) is 35.9 Å². The third-order valence-corrected chi connectivity index (χ3v) is 2.78. The van der Waals surface area contributed by atoms with Crippen LogP contribution in [-0.2, 0) is 11.2 Å². The van der Waals surface area contributed by atoms with Gasteiger partial charge in [0.25, 0.3) is 0 Å². The van der Waals surface area contributed by atoms with E-state index in [4.69, 9.17) is 10.2 Å². The van der Waals surface area contributed by atoms with E-state index in [0.29, 0.717) is 6.42 Å². The van der Waals surface area contributed by atoms with Gasteiger partial charge in [0.1, 0.15) is 6.54 Å². The Morgan fingerprint density at radius 2 is 2.17 bits per heavy atom. The van der Waals surface area contributed by atoms with Gasteiger partial charge in [-0.2, -0.15) is 0 Å². The molecule has 0 heterocycles. The maximum atomic E-state index is 10.9. The molecule has 1 aromatic rings. The van der Waals surface area contributed by atoms with Crippen LogP contribution in [0.4, 0.5) is 5.69 Å². The average molecular weight is 251 g/mol. The van der Waals surface area contributed by atoms with E-state index in [0.717, 1.165) is 30.6 Å². The second-order valence-corrected chi connectivity index (χ2v) is 4.31. The van der Waals surface area contributed by atoms with Gasteiger partial charge >= 0.3 is 5.97 Å². The Hall–Kier alpha value is -1.55. The van der Waals surface area contributed by atoms with Crippen LogP contribution in [0.1, 0.15) is 25.3 Å². The summed E-state index contributed by atoms with van der Waals surface area (Å²) in [6.07, 6.45) is 2.60. The molecule has 0 saturated carbocycles. The monoisotopic (exact) mass is 251 g/mol. The zero-order valence-corrected chi connectivity index (χ0v) is 10.8. The number of rotatable bonds is 8. The number of carboxylic acid groups (broad SMARTS) is 1. The van der Waals surface area contributed by atoms with Crippen molar-refractivity contribution in [2.45, 2.75) is 26.2 Å². The molecule has 0 atom stereocenters. The average Bonchev–Trinajstić information content (AvgIpc) is 2.35. The number of unbranched alkanes of at least 4 members (excludes halogenated alkanes) is 1. The summed E-state index contributed by atoms with van der Waals surface area (Å²) >= 11 is 0. The van der Waals surface area contributed by atoms with Crippen molar-refractivity contribution in [3.05, 3.63) is 29.8 Å². The lowest BCUT2D eigenvalue weighted by Crippen LogP contribution is -2.30. The first kappa shape index (κ1) is 14.5. The molecule has 100 valence electrons. The van der Waals surface area contributed by atoms with E-state index < -0.39 is 5.97 Å². The predicted molar refractivity (Wildman–Crippen MR) is 72.0 cm³/mol. The summed E-state index contributed by atoms with van der Waals surface area (Å²) in [5.74, 6) is -0.821. The topological polar surface area (TPSA) is 60.8 Å². The Kier molecular flexibility index (Phi) is 6.22. The van der Waals surface area contributed by atoms with Crippen LogP contribution in [0.25, 0.3) is 0 Å². The Morgan fingerprint density at radius 1 is 1.39 bits per heavy atom.